The Kier molecular flexibility index (Phi) is 4.59. The van der Waals surface area contributed by atoms with Gasteiger partial charge in [-0.2, -0.15) is 0 Å². The van der Waals surface area contributed by atoms with E-state index in [1.54, 1.807) is 30.3 Å². The Balaban J connectivity index is 1.79. The van der Waals surface area contributed by atoms with Crippen LogP contribution in [0.2, 0.25) is 0 Å². The minimum Gasteiger partial charge on any atom is -0.326 e. The molecule has 1 amide bonds. The van der Waals surface area contributed by atoms with Crippen molar-refractivity contribution in [3.8, 4) is 0 Å². The maximum absolute atomic E-state index is 12.5. The predicted molar refractivity (Wildman–Crippen MR) is 95.1 cm³/mol. The molecular formula is C18H18N2O4S. The van der Waals surface area contributed by atoms with E-state index >= 15 is 0 Å². The van der Waals surface area contributed by atoms with Crippen LogP contribution in [0, 0.1) is 5.92 Å². The lowest BCUT2D eigenvalue weighted by molar-refractivity contribution is -0.117. The zero-order chi connectivity index (χ0) is 18.0. The fourth-order valence-electron chi connectivity index (χ4n) is 2.35. The molecule has 0 spiro atoms. The molecule has 0 saturated heterocycles. The molecule has 1 aliphatic rings. The molecule has 25 heavy (non-hydrogen) atoms. The standard InChI is InChI=1S/C18H18N2O4S/c1-12(21)14-4-2-7-17(10-14)25(23,24)20-16-6-3-5-15(11-16)19-18(22)13-8-9-13/h2-7,10-11,13,20H,8-9H2,1H3,(H,19,22). The number of carbonyl (C=O) groups excluding carboxylic acids is 2. The summed E-state index contributed by atoms with van der Waals surface area (Å²) in [7, 11) is -3.83. The van der Waals surface area contributed by atoms with Crippen LogP contribution in [0.4, 0.5) is 11.4 Å². The average molecular weight is 358 g/mol. The van der Waals surface area contributed by atoms with E-state index in [1.807, 2.05) is 0 Å². The second kappa shape index (κ2) is 6.68. The number of carbonyl (C=O) groups is 2. The van der Waals surface area contributed by atoms with Gasteiger partial charge in [-0.1, -0.05) is 18.2 Å². The van der Waals surface area contributed by atoms with Gasteiger partial charge in [0, 0.05) is 17.2 Å². The lowest BCUT2D eigenvalue weighted by atomic mass is 10.2. The first-order valence-corrected chi connectivity index (χ1v) is 9.38. The molecule has 0 bridgehead atoms. The topological polar surface area (TPSA) is 92.3 Å². The van der Waals surface area contributed by atoms with Crippen molar-refractivity contribution in [1.82, 2.24) is 0 Å². The van der Waals surface area contributed by atoms with Crippen LogP contribution in [-0.4, -0.2) is 20.1 Å². The highest BCUT2D eigenvalue weighted by molar-refractivity contribution is 7.92. The zero-order valence-electron chi connectivity index (χ0n) is 13.7. The molecule has 3 rings (SSSR count). The number of anilines is 2. The molecule has 1 aliphatic carbocycles. The van der Waals surface area contributed by atoms with Crippen molar-refractivity contribution in [2.75, 3.05) is 10.0 Å². The summed E-state index contributed by atoms with van der Waals surface area (Å²) in [5.41, 5.74) is 1.20. The number of Topliss-reactive ketones (excluding diaryl/α,β-unsaturated/α-hetero) is 1. The number of benzene rings is 2. The fourth-order valence-corrected chi connectivity index (χ4v) is 3.44. The maximum atomic E-state index is 12.5. The van der Waals surface area contributed by atoms with E-state index in [-0.39, 0.29) is 22.5 Å². The van der Waals surface area contributed by atoms with Crippen molar-refractivity contribution < 1.29 is 18.0 Å². The quantitative estimate of drug-likeness (QED) is 0.776. The van der Waals surface area contributed by atoms with Gasteiger partial charge in [0.2, 0.25) is 5.91 Å². The van der Waals surface area contributed by atoms with E-state index in [0.717, 1.165) is 12.8 Å². The third-order valence-electron chi connectivity index (χ3n) is 3.88. The summed E-state index contributed by atoms with van der Waals surface area (Å²) in [6.07, 6.45) is 1.79. The summed E-state index contributed by atoms with van der Waals surface area (Å²) in [6, 6.07) is 12.4. The summed E-state index contributed by atoms with van der Waals surface area (Å²) in [5.74, 6) is -0.189. The molecule has 1 fully saturated rings. The van der Waals surface area contributed by atoms with E-state index in [9.17, 15) is 18.0 Å². The van der Waals surface area contributed by atoms with Crippen molar-refractivity contribution in [3.63, 3.8) is 0 Å². The van der Waals surface area contributed by atoms with Crippen LogP contribution in [0.3, 0.4) is 0 Å². The summed E-state index contributed by atoms with van der Waals surface area (Å²) < 4.78 is 27.5. The Morgan fingerprint density at radius 3 is 2.36 bits per heavy atom. The van der Waals surface area contributed by atoms with Crippen LogP contribution in [-0.2, 0) is 14.8 Å². The predicted octanol–water partition coefficient (Wildman–Crippen LogP) is 3.04. The summed E-state index contributed by atoms with van der Waals surface area (Å²) in [5, 5.41) is 2.78. The van der Waals surface area contributed by atoms with E-state index in [2.05, 4.69) is 10.0 Å². The zero-order valence-corrected chi connectivity index (χ0v) is 14.5. The van der Waals surface area contributed by atoms with Crippen molar-refractivity contribution >= 4 is 33.1 Å². The van der Waals surface area contributed by atoms with E-state index < -0.39 is 10.0 Å². The molecule has 0 radical (unpaired) electrons. The smallest absolute Gasteiger partial charge is 0.261 e. The normalized spacial score (nSPS) is 14.0. The number of hydrogen-bond acceptors (Lipinski definition) is 4. The van der Waals surface area contributed by atoms with Gasteiger partial charge >= 0.3 is 0 Å². The van der Waals surface area contributed by atoms with E-state index in [4.69, 9.17) is 0 Å². The van der Waals surface area contributed by atoms with E-state index in [0.29, 0.717) is 16.9 Å². The number of rotatable bonds is 6. The van der Waals surface area contributed by atoms with Gasteiger partial charge in [0.05, 0.1) is 10.6 Å². The molecule has 2 aromatic rings. The fraction of sp³-hybridized carbons (Fsp3) is 0.222. The molecule has 0 aromatic heterocycles. The second-order valence-corrected chi connectivity index (χ2v) is 7.72. The average Bonchev–Trinajstić information content (AvgIpc) is 3.40. The van der Waals surface area contributed by atoms with Crippen molar-refractivity contribution in [3.05, 3.63) is 54.1 Å². The van der Waals surface area contributed by atoms with Crippen LogP contribution < -0.4 is 10.0 Å². The van der Waals surface area contributed by atoms with Gasteiger partial charge in [0.15, 0.2) is 5.78 Å². The first kappa shape index (κ1) is 17.2. The molecule has 1 saturated carbocycles. The Hall–Kier alpha value is -2.67. The SMILES string of the molecule is CC(=O)c1cccc(S(=O)(=O)Nc2cccc(NC(=O)C3CC3)c2)c1. The molecular weight excluding hydrogens is 340 g/mol. The van der Waals surface area contributed by atoms with E-state index in [1.165, 1.54) is 25.1 Å². The molecule has 6 nitrogen and oxygen atoms in total. The first-order valence-electron chi connectivity index (χ1n) is 7.90. The van der Waals surface area contributed by atoms with Crippen molar-refractivity contribution in [2.24, 2.45) is 5.92 Å². The number of sulfonamides is 1. The minimum atomic E-state index is -3.83. The van der Waals surface area contributed by atoms with Gasteiger partial charge in [-0.05, 0) is 50.1 Å². The molecule has 0 aliphatic heterocycles. The largest absolute Gasteiger partial charge is 0.326 e. The van der Waals surface area contributed by atoms with Crippen LogP contribution >= 0.6 is 0 Å². The van der Waals surface area contributed by atoms with Crippen LogP contribution in [0.25, 0.3) is 0 Å². The molecule has 0 atom stereocenters. The number of hydrogen-bond donors (Lipinski definition) is 2. The monoisotopic (exact) mass is 358 g/mol. The Bertz CT molecular complexity index is 934. The van der Waals surface area contributed by atoms with Crippen molar-refractivity contribution in [2.45, 2.75) is 24.7 Å². The van der Waals surface area contributed by atoms with Gasteiger partial charge in [-0.15, -0.1) is 0 Å². The lowest BCUT2D eigenvalue weighted by Gasteiger charge is -2.11. The Morgan fingerprint density at radius 2 is 1.68 bits per heavy atom. The molecule has 0 heterocycles. The summed E-state index contributed by atoms with van der Waals surface area (Å²) in [6.45, 7) is 1.38. The highest BCUT2D eigenvalue weighted by Crippen LogP contribution is 2.30. The molecule has 2 N–H and O–H groups in total. The minimum absolute atomic E-state index is 0.00705. The van der Waals surface area contributed by atoms with Gasteiger partial charge in [0.25, 0.3) is 10.0 Å². The first-order chi connectivity index (χ1) is 11.8. The third kappa shape index (κ3) is 4.24. The van der Waals surface area contributed by atoms with Gasteiger partial charge in [-0.25, -0.2) is 8.42 Å². The highest BCUT2D eigenvalue weighted by Gasteiger charge is 2.29. The van der Waals surface area contributed by atoms with Crippen LogP contribution in [0.15, 0.2) is 53.4 Å². The molecule has 7 heteroatoms. The van der Waals surface area contributed by atoms with Crippen LogP contribution in [0.5, 0.6) is 0 Å². The van der Waals surface area contributed by atoms with Gasteiger partial charge in [0.1, 0.15) is 0 Å². The number of nitrogens with one attached hydrogen (secondary N) is 2. The molecule has 0 unspecified atom stereocenters. The molecule has 2 aromatic carbocycles. The summed E-state index contributed by atoms with van der Waals surface area (Å²) in [4.78, 5) is 23.3. The lowest BCUT2D eigenvalue weighted by Crippen LogP contribution is -2.15. The maximum Gasteiger partial charge on any atom is 0.261 e. The van der Waals surface area contributed by atoms with Gasteiger partial charge < -0.3 is 5.32 Å². The second-order valence-electron chi connectivity index (χ2n) is 6.03. The Morgan fingerprint density at radius 1 is 1.00 bits per heavy atom. The molecule has 130 valence electrons. The van der Waals surface area contributed by atoms with Crippen molar-refractivity contribution in [1.29, 1.82) is 0 Å². The third-order valence-corrected chi connectivity index (χ3v) is 5.26. The van der Waals surface area contributed by atoms with Gasteiger partial charge in [-0.3, -0.25) is 14.3 Å². The summed E-state index contributed by atoms with van der Waals surface area (Å²) >= 11 is 0. The Labute approximate surface area is 146 Å². The highest BCUT2D eigenvalue weighted by atomic mass is 32.2. The number of ketones is 1. The van der Waals surface area contributed by atoms with Crippen LogP contribution in [0.1, 0.15) is 30.1 Å². The number of amides is 1.